The third-order valence-corrected chi connectivity index (χ3v) is 2.35. The highest BCUT2D eigenvalue weighted by atomic mass is 16.2. The molecule has 0 atom stereocenters. The molecule has 1 amide bonds. The predicted octanol–water partition coefficient (Wildman–Crippen LogP) is 1.71. The first-order valence-electron chi connectivity index (χ1n) is 5.12. The van der Waals surface area contributed by atoms with E-state index in [2.05, 4.69) is 11.5 Å². The summed E-state index contributed by atoms with van der Waals surface area (Å²) in [5.41, 5.74) is 0. The molecule has 0 bridgehead atoms. The molecule has 0 N–H and O–H groups in total. The molecule has 0 saturated heterocycles. The predicted molar refractivity (Wildman–Crippen MR) is 60.0 cm³/mol. The number of unbranched alkanes of at least 4 members (excludes halogenated alkanes) is 2. The summed E-state index contributed by atoms with van der Waals surface area (Å²) < 4.78 is 0. The van der Waals surface area contributed by atoms with Crippen molar-refractivity contribution in [3.05, 3.63) is 12.8 Å². The van der Waals surface area contributed by atoms with Crippen molar-refractivity contribution < 1.29 is 4.79 Å². The zero-order valence-electron chi connectivity index (χ0n) is 9.62. The highest BCUT2D eigenvalue weighted by Crippen LogP contribution is 1.99. The molecular formula is C11H22N2O. The lowest BCUT2D eigenvalue weighted by Gasteiger charge is -2.15. The minimum absolute atomic E-state index is 0.146. The molecule has 0 saturated carbocycles. The Morgan fingerprint density at radius 1 is 1.21 bits per heavy atom. The van der Waals surface area contributed by atoms with Crippen molar-refractivity contribution in [2.45, 2.75) is 26.2 Å². The molecular weight excluding hydrogens is 176 g/mol. The van der Waals surface area contributed by atoms with Gasteiger partial charge < -0.3 is 9.80 Å². The van der Waals surface area contributed by atoms with Gasteiger partial charge in [0.1, 0.15) is 0 Å². The molecule has 0 unspecified atom stereocenters. The Morgan fingerprint density at radius 3 is 2.29 bits per heavy atom. The maximum Gasteiger partial charge on any atom is 0.219 e. The Hall–Kier alpha value is -0.990. The van der Waals surface area contributed by atoms with Crippen LogP contribution in [0.15, 0.2) is 12.8 Å². The minimum Gasteiger partial charge on any atom is -0.381 e. The Labute approximate surface area is 87.4 Å². The lowest BCUT2D eigenvalue weighted by molar-refractivity contribution is -0.127. The number of rotatable bonds is 7. The SMILES string of the molecule is C=CN(C)CCCCCN(C)C(C)=O. The summed E-state index contributed by atoms with van der Waals surface area (Å²) >= 11 is 0. The average molecular weight is 198 g/mol. The summed E-state index contributed by atoms with van der Waals surface area (Å²) in [6, 6.07) is 0. The molecule has 3 heteroatoms. The first-order valence-corrected chi connectivity index (χ1v) is 5.12. The highest BCUT2D eigenvalue weighted by molar-refractivity contribution is 5.72. The van der Waals surface area contributed by atoms with Crippen LogP contribution in [0.3, 0.4) is 0 Å². The number of hydrogen-bond donors (Lipinski definition) is 0. The van der Waals surface area contributed by atoms with Crippen molar-refractivity contribution in [1.29, 1.82) is 0 Å². The summed E-state index contributed by atoms with van der Waals surface area (Å²) in [5.74, 6) is 0.146. The van der Waals surface area contributed by atoms with Gasteiger partial charge in [0, 0.05) is 34.1 Å². The van der Waals surface area contributed by atoms with Crippen LogP contribution in [0.25, 0.3) is 0 Å². The molecule has 14 heavy (non-hydrogen) atoms. The van der Waals surface area contributed by atoms with Crippen LogP contribution < -0.4 is 0 Å². The molecule has 0 radical (unpaired) electrons. The maximum atomic E-state index is 10.9. The number of amides is 1. The largest absolute Gasteiger partial charge is 0.381 e. The summed E-state index contributed by atoms with van der Waals surface area (Å²) in [6.45, 7) is 7.20. The van der Waals surface area contributed by atoms with Gasteiger partial charge in [-0.05, 0) is 25.5 Å². The van der Waals surface area contributed by atoms with Gasteiger partial charge in [-0.1, -0.05) is 6.58 Å². The fourth-order valence-electron chi connectivity index (χ4n) is 1.14. The second-order valence-corrected chi connectivity index (χ2v) is 3.66. The molecule has 0 fully saturated rings. The van der Waals surface area contributed by atoms with Crippen LogP contribution >= 0.6 is 0 Å². The van der Waals surface area contributed by atoms with Crippen molar-refractivity contribution in [2.75, 3.05) is 27.2 Å². The summed E-state index contributed by atoms with van der Waals surface area (Å²) in [7, 11) is 3.87. The zero-order valence-corrected chi connectivity index (χ0v) is 9.62. The van der Waals surface area contributed by atoms with E-state index in [0.29, 0.717) is 0 Å². The highest BCUT2D eigenvalue weighted by Gasteiger charge is 2.00. The third-order valence-electron chi connectivity index (χ3n) is 2.35. The average Bonchev–Trinajstić information content (AvgIpc) is 2.16. The van der Waals surface area contributed by atoms with Gasteiger partial charge in [-0.2, -0.15) is 0 Å². The van der Waals surface area contributed by atoms with Gasteiger partial charge in [0.15, 0.2) is 0 Å². The normalized spacial score (nSPS) is 9.64. The van der Waals surface area contributed by atoms with Gasteiger partial charge in [0.2, 0.25) is 5.91 Å². The van der Waals surface area contributed by atoms with Gasteiger partial charge in [0.05, 0.1) is 0 Å². The lowest BCUT2D eigenvalue weighted by Crippen LogP contribution is -2.24. The van der Waals surface area contributed by atoms with Gasteiger partial charge in [-0.25, -0.2) is 0 Å². The van der Waals surface area contributed by atoms with E-state index in [1.54, 1.807) is 11.8 Å². The molecule has 0 aliphatic carbocycles. The van der Waals surface area contributed by atoms with Crippen molar-refractivity contribution in [2.24, 2.45) is 0 Å². The summed E-state index contributed by atoms with van der Waals surface area (Å²) in [4.78, 5) is 14.7. The lowest BCUT2D eigenvalue weighted by atomic mass is 10.2. The third kappa shape index (κ3) is 6.52. The Kier molecular flexibility index (Phi) is 6.89. The number of nitrogens with zero attached hydrogens (tertiary/aromatic N) is 2. The fourth-order valence-corrected chi connectivity index (χ4v) is 1.14. The fraction of sp³-hybridized carbons (Fsp3) is 0.727. The van der Waals surface area contributed by atoms with Crippen LogP contribution in [0.4, 0.5) is 0 Å². The van der Waals surface area contributed by atoms with Crippen LogP contribution in [0.1, 0.15) is 26.2 Å². The van der Waals surface area contributed by atoms with Crippen LogP contribution in [0, 0.1) is 0 Å². The van der Waals surface area contributed by atoms with Crippen molar-refractivity contribution in [1.82, 2.24) is 9.80 Å². The quantitative estimate of drug-likeness (QED) is 0.581. The monoisotopic (exact) mass is 198 g/mol. The minimum atomic E-state index is 0.146. The molecule has 0 spiro atoms. The molecule has 3 nitrogen and oxygen atoms in total. The van der Waals surface area contributed by atoms with Crippen LogP contribution in [-0.4, -0.2) is 42.9 Å². The molecule has 82 valence electrons. The summed E-state index contributed by atoms with van der Waals surface area (Å²) in [5, 5.41) is 0. The number of hydrogen-bond acceptors (Lipinski definition) is 2. The van der Waals surface area contributed by atoms with E-state index in [4.69, 9.17) is 0 Å². The van der Waals surface area contributed by atoms with E-state index >= 15 is 0 Å². The molecule has 0 aliphatic rings. The molecule has 0 aromatic heterocycles. The number of carbonyl (C=O) groups excluding carboxylic acids is 1. The van der Waals surface area contributed by atoms with Crippen molar-refractivity contribution in [3.8, 4) is 0 Å². The van der Waals surface area contributed by atoms with Crippen LogP contribution in [-0.2, 0) is 4.79 Å². The van der Waals surface area contributed by atoms with Crippen molar-refractivity contribution >= 4 is 5.91 Å². The van der Waals surface area contributed by atoms with Gasteiger partial charge >= 0.3 is 0 Å². The van der Waals surface area contributed by atoms with E-state index in [1.807, 2.05) is 20.3 Å². The Balaban J connectivity index is 3.29. The van der Waals surface area contributed by atoms with Gasteiger partial charge in [-0.15, -0.1) is 0 Å². The van der Waals surface area contributed by atoms with E-state index in [9.17, 15) is 4.79 Å². The molecule has 0 aromatic rings. The Bertz CT molecular complexity index is 180. The van der Waals surface area contributed by atoms with Crippen LogP contribution in [0.2, 0.25) is 0 Å². The standard InChI is InChI=1S/C11H22N2O/c1-5-12(3)9-7-6-8-10-13(4)11(2)14/h5H,1,6-10H2,2-4H3. The molecule has 0 aromatic carbocycles. The second kappa shape index (κ2) is 7.42. The zero-order chi connectivity index (χ0) is 11.0. The van der Waals surface area contributed by atoms with E-state index in [-0.39, 0.29) is 5.91 Å². The van der Waals surface area contributed by atoms with Crippen molar-refractivity contribution in [3.63, 3.8) is 0 Å². The second-order valence-electron chi connectivity index (χ2n) is 3.66. The van der Waals surface area contributed by atoms with Gasteiger partial charge in [-0.3, -0.25) is 4.79 Å². The first kappa shape index (κ1) is 13.0. The smallest absolute Gasteiger partial charge is 0.219 e. The van der Waals surface area contributed by atoms with E-state index in [0.717, 1.165) is 32.4 Å². The molecule has 0 aliphatic heterocycles. The van der Waals surface area contributed by atoms with Crippen LogP contribution in [0.5, 0.6) is 0 Å². The number of carbonyl (C=O) groups is 1. The maximum absolute atomic E-state index is 10.9. The topological polar surface area (TPSA) is 23.6 Å². The van der Waals surface area contributed by atoms with Gasteiger partial charge in [0.25, 0.3) is 0 Å². The van der Waals surface area contributed by atoms with E-state index < -0.39 is 0 Å². The first-order chi connectivity index (χ1) is 6.57. The summed E-state index contributed by atoms with van der Waals surface area (Å²) in [6.07, 6.45) is 5.24. The Morgan fingerprint density at radius 2 is 1.79 bits per heavy atom. The molecule has 0 rings (SSSR count). The molecule has 0 heterocycles. The van der Waals surface area contributed by atoms with E-state index in [1.165, 1.54) is 0 Å².